The van der Waals surface area contributed by atoms with Crippen LogP contribution in [0.4, 0.5) is 0 Å². The Bertz CT molecular complexity index is 2390. The van der Waals surface area contributed by atoms with Crippen LogP contribution in [0.5, 0.6) is 0 Å². The van der Waals surface area contributed by atoms with Gasteiger partial charge in [0.15, 0.2) is 0 Å². The van der Waals surface area contributed by atoms with E-state index in [1.165, 1.54) is 87.6 Å². The minimum atomic E-state index is 1.18. The van der Waals surface area contributed by atoms with Gasteiger partial charge in [-0.05, 0) is 85.8 Å². The van der Waals surface area contributed by atoms with Gasteiger partial charge in [-0.3, -0.25) is 0 Å². The van der Waals surface area contributed by atoms with Gasteiger partial charge < -0.3 is 4.57 Å². The third-order valence-corrected chi connectivity index (χ3v) is 9.04. The number of nitrogens with zero attached hydrogens (tertiary/aromatic N) is 1. The van der Waals surface area contributed by atoms with Crippen LogP contribution >= 0.6 is 0 Å². The second-order valence-corrected chi connectivity index (χ2v) is 11.4. The smallest absolute Gasteiger partial charge is 0.0541 e. The van der Waals surface area contributed by atoms with Gasteiger partial charge in [-0.25, -0.2) is 0 Å². The van der Waals surface area contributed by atoms with E-state index >= 15 is 0 Å². The number of aryl methyl sites for hydroxylation is 1. The Kier molecular flexibility index (Phi) is 4.88. The first-order chi connectivity index (χ1) is 20.7. The van der Waals surface area contributed by atoms with Crippen LogP contribution in [0, 0.1) is 6.92 Å². The number of fused-ring (bicyclic) bond motifs is 3. The van der Waals surface area contributed by atoms with Gasteiger partial charge in [0.1, 0.15) is 0 Å². The predicted molar refractivity (Wildman–Crippen MR) is 180 cm³/mol. The van der Waals surface area contributed by atoms with Crippen LogP contribution in [0.15, 0.2) is 146 Å². The largest absolute Gasteiger partial charge is 0.309 e. The standard InChI is InChI=1S/C41H27N/c1-26-10-12-27(13-11-26)32-22-16-29-19-25-37-33(23-17-30-18-24-36(32)40(29)41(30)37)28-14-20-31(21-15-28)42-38-8-4-2-6-34(38)35-7-3-5-9-39(35)42/h2-25H,1H3. The number of hydrogen-bond donors (Lipinski definition) is 0. The quantitative estimate of drug-likeness (QED) is 0.199. The Hall–Kier alpha value is -5.40. The van der Waals surface area contributed by atoms with Gasteiger partial charge in [0.05, 0.1) is 11.0 Å². The third kappa shape index (κ3) is 3.31. The maximum absolute atomic E-state index is 2.38. The fraction of sp³-hybridized carbons (Fsp3) is 0.0244. The molecule has 196 valence electrons. The van der Waals surface area contributed by atoms with Crippen LogP contribution in [0.3, 0.4) is 0 Å². The fourth-order valence-corrected chi connectivity index (χ4v) is 7.03. The van der Waals surface area contributed by atoms with Gasteiger partial charge in [-0.15, -0.1) is 0 Å². The van der Waals surface area contributed by atoms with Crippen molar-refractivity contribution in [3.63, 3.8) is 0 Å². The second-order valence-electron chi connectivity index (χ2n) is 11.4. The van der Waals surface area contributed by atoms with Crippen molar-refractivity contribution < 1.29 is 0 Å². The molecule has 1 heterocycles. The predicted octanol–water partition coefficient (Wildman–Crippen LogP) is 11.3. The third-order valence-electron chi connectivity index (χ3n) is 9.04. The molecule has 0 aliphatic rings. The average Bonchev–Trinajstić information content (AvgIpc) is 3.38. The van der Waals surface area contributed by atoms with Gasteiger partial charge in [0, 0.05) is 16.5 Å². The molecule has 0 spiro atoms. The van der Waals surface area contributed by atoms with Crippen molar-refractivity contribution in [3.05, 3.63) is 151 Å². The molecular formula is C41H27N. The molecule has 0 saturated carbocycles. The summed E-state index contributed by atoms with van der Waals surface area (Å²) >= 11 is 0. The summed E-state index contributed by atoms with van der Waals surface area (Å²) in [6.07, 6.45) is 0. The van der Waals surface area contributed by atoms with E-state index in [0.29, 0.717) is 0 Å². The first-order valence-corrected chi connectivity index (χ1v) is 14.6. The molecule has 0 aliphatic heterocycles. The summed E-state index contributed by atoms with van der Waals surface area (Å²) < 4.78 is 2.38. The van der Waals surface area contributed by atoms with E-state index < -0.39 is 0 Å². The Morgan fingerprint density at radius 3 is 1.36 bits per heavy atom. The van der Waals surface area contributed by atoms with E-state index in [9.17, 15) is 0 Å². The second kappa shape index (κ2) is 8.80. The van der Waals surface area contributed by atoms with Crippen molar-refractivity contribution in [2.75, 3.05) is 0 Å². The van der Waals surface area contributed by atoms with Gasteiger partial charge in [-0.1, -0.05) is 127 Å². The summed E-state index contributed by atoms with van der Waals surface area (Å²) in [6.45, 7) is 2.14. The maximum atomic E-state index is 2.38. The number of benzene rings is 8. The summed E-state index contributed by atoms with van der Waals surface area (Å²) in [7, 11) is 0. The topological polar surface area (TPSA) is 4.93 Å². The summed E-state index contributed by atoms with van der Waals surface area (Å²) in [5, 5.41) is 10.5. The van der Waals surface area contributed by atoms with Crippen molar-refractivity contribution in [1.82, 2.24) is 4.57 Å². The van der Waals surface area contributed by atoms with Crippen LogP contribution in [0.2, 0.25) is 0 Å². The minimum absolute atomic E-state index is 1.18. The van der Waals surface area contributed by atoms with Crippen LogP contribution in [-0.2, 0) is 0 Å². The van der Waals surface area contributed by atoms with Gasteiger partial charge >= 0.3 is 0 Å². The lowest BCUT2D eigenvalue weighted by atomic mass is 9.87. The lowest BCUT2D eigenvalue weighted by Crippen LogP contribution is -1.94. The van der Waals surface area contributed by atoms with Gasteiger partial charge in [0.2, 0.25) is 0 Å². The Labute approximate surface area is 244 Å². The van der Waals surface area contributed by atoms with Crippen molar-refractivity contribution in [2.24, 2.45) is 0 Å². The van der Waals surface area contributed by atoms with Crippen LogP contribution < -0.4 is 0 Å². The Balaban J connectivity index is 1.23. The number of para-hydroxylation sites is 2. The monoisotopic (exact) mass is 533 g/mol. The maximum Gasteiger partial charge on any atom is 0.0541 e. The molecule has 42 heavy (non-hydrogen) atoms. The molecule has 0 aliphatic carbocycles. The molecule has 0 unspecified atom stereocenters. The van der Waals surface area contributed by atoms with E-state index in [2.05, 4.69) is 157 Å². The molecule has 0 bridgehead atoms. The first kappa shape index (κ1) is 23.3. The van der Waals surface area contributed by atoms with Crippen LogP contribution in [0.1, 0.15) is 5.56 Å². The molecule has 1 aromatic heterocycles. The molecular weight excluding hydrogens is 506 g/mol. The van der Waals surface area contributed by atoms with Gasteiger partial charge in [0.25, 0.3) is 0 Å². The highest BCUT2D eigenvalue weighted by atomic mass is 15.0. The molecule has 0 radical (unpaired) electrons. The fourth-order valence-electron chi connectivity index (χ4n) is 7.03. The SMILES string of the molecule is Cc1ccc(-c2ccc3ccc4c(-c5ccc(-n6c7ccccc7c7ccccc76)cc5)ccc5ccc2c3c54)cc1. The van der Waals surface area contributed by atoms with Crippen molar-refractivity contribution >= 4 is 54.1 Å². The molecule has 8 aromatic carbocycles. The Morgan fingerprint density at radius 1 is 0.381 bits per heavy atom. The van der Waals surface area contributed by atoms with Crippen molar-refractivity contribution in [3.8, 4) is 27.9 Å². The lowest BCUT2D eigenvalue weighted by Gasteiger charge is -2.17. The molecule has 9 aromatic rings. The van der Waals surface area contributed by atoms with Gasteiger partial charge in [-0.2, -0.15) is 0 Å². The van der Waals surface area contributed by atoms with E-state index in [0.717, 1.165) is 0 Å². The first-order valence-electron chi connectivity index (χ1n) is 14.6. The number of rotatable bonds is 3. The zero-order valence-electron chi connectivity index (χ0n) is 23.3. The van der Waals surface area contributed by atoms with E-state index in [4.69, 9.17) is 0 Å². The molecule has 0 amide bonds. The van der Waals surface area contributed by atoms with Crippen LogP contribution in [-0.4, -0.2) is 4.57 Å². The summed E-state index contributed by atoms with van der Waals surface area (Å²) in [5.41, 5.74) is 9.99. The molecule has 1 heteroatoms. The molecule has 0 atom stereocenters. The highest BCUT2D eigenvalue weighted by molar-refractivity contribution is 6.27. The Morgan fingerprint density at radius 2 is 0.833 bits per heavy atom. The summed E-state index contributed by atoms with van der Waals surface area (Å²) in [5.74, 6) is 0. The van der Waals surface area contributed by atoms with Crippen LogP contribution in [0.25, 0.3) is 82.1 Å². The van der Waals surface area contributed by atoms with E-state index in [1.807, 2.05) is 0 Å². The molecule has 9 rings (SSSR count). The lowest BCUT2D eigenvalue weighted by molar-refractivity contribution is 1.18. The highest BCUT2D eigenvalue weighted by Crippen LogP contribution is 2.42. The van der Waals surface area contributed by atoms with E-state index in [-0.39, 0.29) is 0 Å². The summed E-state index contributed by atoms with van der Waals surface area (Å²) in [6, 6.07) is 53.7. The zero-order chi connectivity index (χ0) is 27.8. The van der Waals surface area contributed by atoms with Crippen molar-refractivity contribution in [2.45, 2.75) is 6.92 Å². The van der Waals surface area contributed by atoms with Crippen molar-refractivity contribution in [1.29, 1.82) is 0 Å². The highest BCUT2D eigenvalue weighted by Gasteiger charge is 2.16. The van der Waals surface area contributed by atoms with E-state index in [1.54, 1.807) is 0 Å². The number of hydrogen-bond acceptors (Lipinski definition) is 0. The minimum Gasteiger partial charge on any atom is -0.309 e. The zero-order valence-corrected chi connectivity index (χ0v) is 23.3. The molecule has 0 N–H and O–H groups in total. The molecule has 1 nitrogen and oxygen atoms in total. The summed E-state index contributed by atoms with van der Waals surface area (Å²) in [4.78, 5) is 0. The molecule has 0 fully saturated rings. The number of aromatic nitrogens is 1. The normalized spacial score (nSPS) is 11.9. The molecule has 0 saturated heterocycles. The average molecular weight is 534 g/mol.